The molecule has 136 valence electrons. The first kappa shape index (κ1) is 18.3. The van der Waals surface area contributed by atoms with Gasteiger partial charge in [-0.2, -0.15) is 0 Å². The summed E-state index contributed by atoms with van der Waals surface area (Å²) in [6.07, 6.45) is 8.61. The molecule has 9 heteroatoms. The van der Waals surface area contributed by atoms with E-state index in [1.54, 1.807) is 36.7 Å². The van der Waals surface area contributed by atoms with Gasteiger partial charge in [0, 0.05) is 30.2 Å². The van der Waals surface area contributed by atoms with Crippen molar-refractivity contribution in [3.8, 4) is 11.5 Å². The number of aromatic nitrogens is 3. The number of anilines is 2. The van der Waals surface area contributed by atoms with Crippen LogP contribution in [0.4, 0.5) is 16.1 Å². The first-order valence-corrected chi connectivity index (χ1v) is 8.82. The van der Waals surface area contributed by atoms with Crippen molar-refractivity contribution in [2.45, 2.75) is 6.42 Å². The average molecular weight is 421 g/mol. The highest BCUT2D eigenvalue weighted by atomic mass is 79.9. The van der Waals surface area contributed by atoms with Crippen molar-refractivity contribution in [2.75, 3.05) is 30.8 Å². The van der Waals surface area contributed by atoms with E-state index in [0.717, 1.165) is 11.0 Å². The van der Waals surface area contributed by atoms with Crippen LogP contribution >= 0.6 is 15.9 Å². The van der Waals surface area contributed by atoms with Gasteiger partial charge in [-0.25, -0.2) is 4.39 Å². The summed E-state index contributed by atoms with van der Waals surface area (Å²) in [6.45, 7) is 1.42. The molecule has 0 amide bonds. The van der Waals surface area contributed by atoms with E-state index in [1.165, 1.54) is 0 Å². The summed E-state index contributed by atoms with van der Waals surface area (Å²) in [5.74, 6) is 0.0465. The van der Waals surface area contributed by atoms with E-state index in [4.69, 9.17) is 4.42 Å². The quantitative estimate of drug-likeness (QED) is 0.589. The van der Waals surface area contributed by atoms with Gasteiger partial charge in [-0.3, -0.25) is 4.98 Å². The Hall–Kier alpha value is -2.52. The Balaban J connectivity index is 1.82. The first-order chi connectivity index (χ1) is 12.7. The summed E-state index contributed by atoms with van der Waals surface area (Å²) >= 11 is 3.35. The number of nitrogens with one attached hydrogen (secondary N) is 3. The average Bonchev–Trinajstić information content (AvgIpc) is 3.06. The second kappa shape index (κ2) is 8.72. The van der Waals surface area contributed by atoms with Crippen molar-refractivity contribution in [3.05, 3.63) is 52.7 Å². The minimum atomic E-state index is -0.273. The van der Waals surface area contributed by atoms with Crippen LogP contribution < -0.4 is 16.0 Å². The van der Waals surface area contributed by atoms with Gasteiger partial charge in [0.1, 0.15) is 5.83 Å². The van der Waals surface area contributed by atoms with E-state index < -0.39 is 0 Å². The molecule has 7 nitrogen and oxygen atoms in total. The Kier molecular flexibility index (Phi) is 6.13. The predicted molar refractivity (Wildman–Crippen MR) is 102 cm³/mol. The van der Waals surface area contributed by atoms with Gasteiger partial charge >= 0.3 is 6.01 Å². The van der Waals surface area contributed by atoms with Gasteiger partial charge in [0.2, 0.25) is 0 Å². The van der Waals surface area contributed by atoms with Crippen LogP contribution in [-0.4, -0.2) is 35.3 Å². The molecule has 0 saturated heterocycles. The molecule has 3 rings (SSSR count). The Labute approximate surface area is 158 Å². The molecule has 0 bridgehead atoms. The third-order valence-electron chi connectivity index (χ3n) is 3.57. The highest BCUT2D eigenvalue weighted by Gasteiger charge is 2.15. The molecule has 1 aliphatic carbocycles. The number of hydrogen-bond donors (Lipinski definition) is 3. The van der Waals surface area contributed by atoms with Crippen LogP contribution in [0.2, 0.25) is 0 Å². The van der Waals surface area contributed by atoms with E-state index in [-0.39, 0.29) is 12.2 Å². The van der Waals surface area contributed by atoms with E-state index in [2.05, 4.69) is 47.1 Å². The standard InChI is InChI=1S/C17H18BrFN6O/c1-20-8-9-22-17-25-24-16(26-17)12-6-7-21-10-15(12)23-14-5-3-11(18)2-4-13(14)19/h2-3,5-7,10,20,23H,4,8-9H2,1H3,(H,22,25). The monoisotopic (exact) mass is 420 g/mol. The molecular weight excluding hydrogens is 403 g/mol. The zero-order valence-corrected chi connectivity index (χ0v) is 15.7. The van der Waals surface area contributed by atoms with Gasteiger partial charge in [-0.15, -0.1) is 5.10 Å². The molecule has 26 heavy (non-hydrogen) atoms. The smallest absolute Gasteiger partial charge is 0.315 e. The molecule has 2 aromatic rings. The van der Waals surface area contributed by atoms with Crippen LogP contribution in [0, 0.1) is 0 Å². The van der Waals surface area contributed by atoms with Crippen LogP contribution in [0.25, 0.3) is 11.5 Å². The van der Waals surface area contributed by atoms with Crippen molar-refractivity contribution in [1.29, 1.82) is 0 Å². The van der Waals surface area contributed by atoms with Crippen molar-refractivity contribution in [2.24, 2.45) is 0 Å². The lowest BCUT2D eigenvalue weighted by Gasteiger charge is -2.10. The third kappa shape index (κ3) is 4.55. The van der Waals surface area contributed by atoms with Crippen LogP contribution in [0.15, 0.2) is 57.1 Å². The molecule has 0 unspecified atom stereocenters. The van der Waals surface area contributed by atoms with Crippen molar-refractivity contribution >= 4 is 27.6 Å². The maximum Gasteiger partial charge on any atom is 0.315 e. The molecule has 2 heterocycles. The van der Waals surface area contributed by atoms with Gasteiger partial charge in [-0.1, -0.05) is 27.1 Å². The summed E-state index contributed by atoms with van der Waals surface area (Å²) in [5.41, 5.74) is 1.57. The highest BCUT2D eigenvalue weighted by molar-refractivity contribution is 9.11. The zero-order chi connectivity index (χ0) is 18.4. The lowest BCUT2D eigenvalue weighted by Crippen LogP contribution is -2.17. The number of halogens is 2. The topological polar surface area (TPSA) is 87.9 Å². The molecule has 0 radical (unpaired) electrons. The Morgan fingerprint density at radius 1 is 1.27 bits per heavy atom. The maximum atomic E-state index is 14.3. The van der Waals surface area contributed by atoms with Crippen LogP contribution in [0.5, 0.6) is 0 Å². The molecule has 0 saturated carbocycles. The summed E-state index contributed by atoms with van der Waals surface area (Å²) in [4.78, 5) is 4.10. The van der Waals surface area contributed by atoms with Gasteiger partial charge in [0.15, 0.2) is 0 Å². The van der Waals surface area contributed by atoms with Gasteiger partial charge < -0.3 is 20.4 Å². The molecule has 2 aromatic heterocycles. The molecule has 0 aliphatic heterocycles. The van der Waals surface area contributed by atoms with Crippen LogP contribution in [0.3, 0.4) is 0 Å². The van der Waals surface area contributed by atoms with E-state index >= 15 is 0 Å². The molecule has 0 fully saturated rings. The van der Waals surface area contributed by atoms with E-state index in [0.29, 0.717) is 35.4 Å². The van der Waals surface area contributed by atoms with Gasteiger partial charge in [-0.05, 0) is 25.3 Å². The van der Waals surface area contributed by atoms with Crippen molar-refractivity contribution in [1.82, 2.24) is 20.5 Å². The Morgan fingerprint density at radius 2 is 2.15 bits per heavy atom. The number of nitrogens with zero attached hydrogens (tertiary/aromatic N) is 3. The van der Waals surface area contributed by atoms with E-state index in [9.17, 15) is 4.39 Å². The van der Waals surface area contributed by atoms with Gasteiger partial charge in [0.05, 0.1) is 23.1 Å². The summed E-state index contributed by atoms with van der Waals surface area (Å²) in [7, 11) is 1.86. The minimum absolute atomic E-state index is 0.200. The second-order valence-electron chi connectivity index (χ2n) is 5.43. The molecule has 1 aliphatic rings. The Morgan fingerprint density at radius 3 is 3.00 bits per heavy atom. The predicted octanol–water partition coefficient (Wildman–Crippen LogP) is 3.59. The molecule has 0 spiro atoms. The third-order valence-corrected chi connectivity index (χ3v) is 4.16. The maximum absolute atomic E-state index is 14.3. The first-order valence-electron chi connectivity index (χ1n) is 8.03. The molecular formula is C17H18BrFN6O. The lowest BCUT2D eigenvalue weighted by atomic mass is 10.2. The Bertz CT molecular complexity index is 860. The second-order valence-corrected chi connectivity index (χ2v) is 6.35. The van der Waals surface area contributed by atoms with E-state index in [1.807, 2.05) is 7.05 Å². The van der Waals surface area contributed by atoms with Crippen molar-refractivity contribution in [3.63, 3.8) is 0 Å². The molecule has 3 N–H and O–H groups in total. The fourth-order valence-electron chi connectivity index (χ4n) is 2.25. The number of rotatable bonds is 7. The summed E-state index contributed by atoms with van der Waals surface area (Å²) < 4.78 is 20.8. The lowest BCUT2D eigenvalue weighted by molar-refractivity contribution is 0.580. The fraction of sp³-hybridized carbons (Fsp3) is 0.235. The van der Waals surface area contributed by atoms with Crippen LogP contribution in [-0.2, 0) is 0 Å². The minimum Gasteiger partial charge on any atom is -0.403 e. The number of pyridine rings is 1. The fourth-order valence-corrected chi connectivity index (χ4v) is 2.55. The summed E-state index contributed by atoms with van der Waals surface area (Å²) in [5, 5.41) is 17.1. The number of likely N-dealkylation sites (N-methyl/N-ethyl adjacent to an activating group) is 1. The van der Waals surface area contributed by atoms with Crippen LogP contribution in [0.1, 0.15) is 6.42 Å². The van der Waals surface area contributed by atoms with Crippen molar-refractivity contribution < 1.29 is 8.81 Å². The van der Waals surface area contributed by atoms with Gasteiger partial charge in [0.25, 0.3) is 5.89 Å². The number of allylic oxidation sites excluding steroid dienone is 5. The molecule has 0 aromatic carbocycles. The highest BCUT2D eigenvalue weighted by Crippen LogP contribution is 2.30. The normalized spacial score (nSPS) is 14.2. The largest absolute Gasteiger partial charge is 0.403 e. The SMILES string of the molecule is CNCCNc1nnc(-c2ccncc2NC2=C(F)CC=C(Br)C=C2)o1. The molecule has 0 atom stereocenters. The number of hydrogen-bond acceptors (Lipinski definition) is 7. The zero-order valence-electron chi connectivity index (χ0n) is 14.1. The summed E-state index contributed by atoms with van der Waals surface area (Å²) in [6, 6.07) is 2.06.